The van der Waals surface area contributed by atoms with E-state index in [4.69, 9.17) is 11.6 Å². The van der Waals surface area contributed by atoms with E-state index in [0.29, 0.717) is 6.04 Å². The average molecular weight is 341 g/mol. The van der Waals surface area contributed by atoms with E-state index < -0.39 is 0 Å². The molecule has 0 spiro atoms. The number of fused-ring (bicyclic) bond motifs is 1. The topological polar surface area (TPSA) is 29.9 Å². The number of halogens is 2. The Morgan fingerprint density at radius 2 is 2.32 bits per heavy atom. The number of aryl methyl sites for hydroxylation is 1. The van der Waals surface area contributed by atoms with Crippen LogP contribution >= 0.6 is 27.5 Å². The van der Waals surface area contributed by atoms with E-state index >= 15 is 0 Å². The first-order valence-electron chi connectivity index (χ1n) is 6.37. The fourth-order valence-corrected chi connectivity index (χ4v) is 3.38. The summed E-state index contributed by atoms with van der Waals surface area (Å²) in [4.78, 5) is 0. The second kappa shape index (κ2) is 5.17. The molecule has 0 saturated heterocycles. The highest BCUT2D eigenvalue weighted by Gasteiger charge is 2.23. The number of nitrogens with zero attached hydrogens (tertiary/aromatic N) is 2. The highest BCUT2D eigenvalue weighted by molar-refractivity contribution is 9.10. The molecule has 0 aliphatic heterocycles. The van der Waals surface area contributed by atoms with Gasteiger partial charge in [-0.3, -0.25) is 4.68 Å². The van der Waals surface area contributed by atoms with Gasteiger partial charge in [0, 0.05) is 22.8 Å². The summed E-state index contributed by atoms with van der Waals surface area (Å²) < 4.78 is 2.97. The van der Waals surface area contributed by atoms with Gasteiger partial charge >= 0.3 is 0 Å². The van der Waals surface area contributed by atoms with E-state index in [2.05, 4.69) is 26.3 Å². The largest absolute Gasteiger partial charge is 0.377 e. The minimum atomic E-state index is 0.302. The summed E-state index contributed by atoms with van der Waals surface area (Å²) in [6, 6.07) is 6.23. The third-order valence-corrected chi connectivity index (χ3v) is 4.44. The molecule has 1 aromatic carbocycles. The third-order valence-electron chi connectivity index (χ3n) is 3.64. The lowest BCUT2D eigenvalue weighted by molar-refractivity contribution is 0.571. The molecule has 1 aliphatic carbocycles. The van der Waals surface area contributed by atoms with Gasteiger partial charge in [-0.1, -0.05) is 27.5 Å². The minimum absolute atomic E-state index is 0.302. The van der Waals surface area contributed by atoms with Crippen LogP contribution in [0.25, 0.3) is 0 Å². The third kappa shape index (κ3) is 2.51. The van der Waals surface area contributed by atoms with E-state index in [1.165, 1.54) is 17.7 Å². The molecule has 0 radical (unpaired) electrons. The van der Waals surface area contributed by atoms with Crippen LogP contribution in [0.15, 0.2) is 28.9 Å². The molecule has 0 bridgehead atoms. The fourth-order valence-electron chi connectivity index (χ4n) is 2.65. The van der Waals surface area contributed by atoms with Crippen LogP contribution in [0, 0.1) is 0 Å². The van der Waals surface area contributed by atoms with Crippen molar-refractivity contribution in [2.75, 3.05) is 5.32 Å². The molecule has 100 valence electrons. The average Bonchev–Trinajstić information content (AvgIpc) is 2.76. The molecule has 3 rings (SSSR count). The van der Waals surface area contributed by atoms with Crippen molar-refractivity contribution in [2.45, 2.75) is 25.3 Å². The summed E-state index contributed by atoms with van der Waals surface area (Å²) >= 11 is 9.69. The van der Waals surface area contributed by atoms with Gasteiger partial charge in [0.1, 0.15) is 0 Å². The molecule has 0 saturated carbocycles. The molecule has 2 aromatic rings. The number of rotatable bonds is 2. The summed E-state index contributed by atoms with van der Waals surface area (Å²) in [5.74, 6) is 0. The summed E-state index contributed by atoms with van der Waals surface area (Å²) in [5, 5.41) is 8.64. The summed E-state index contributed by atoms with van der Waals surface area (Å²) in [7, 11) is 2.01. The molecule has 1 N–H and O–H groups in total. The van der Waals surface area contributed by atoms with Crippen molar-refractivity contribution in [1.29, 1.82) is 0 Å². The Hall–Kier alpha value is -1.000. The fraction of sp³-hybridized carbons (Fsp3) is 0.357. The lowest BCUT2D eigenvalue weighted by atomic mass is 9.93. The first-order valence-corrected chi connectivity index (χ1v) is 7.54. The zero-order valence-corrected chi connectivity index (χ0v) is 13.0. The zero-order chi connectivity index (χ0) is 13.4. The van der Waals surface area contributed by atoms with Crippen LogP contribution in [0.2, 0.25) is 5.02 Å². The van der Waals surface area contributed by atoms with Gasteiger partial charge in [-0.25, -0.2) is 0 Å². The van der Waals surface area contributed by atoms with Crippen molar-refractivity contribution in [1.82, 2.24) is 9.78 Å². The minimum Gasteiger partial charge on any atom is -0.377 e. The molecular formula is C14H15BrClN3. The van der Waals surface area contributed by atoms with Crippen LogP contribution in [0.1, 0.15) is 30.1 Å². The van der Waals surface area contributed by atoms with Crippen molar-refractivity contribution < 1.29 is 0 Å². The normalized spacial score (nSPS) is 18.2. The van der Waals surface area contributed by atoms with Crippen LogP contribution in [-0.4, -0.2) is 9.78 Å². The van der Waals surface area contributed by atoms with Crippen molar-refractivity contribution in [3.05, 3.63) is 45.1 Å². The number of aromatic nitrogens is 2. The second-order valence-corrected chi connectivity index (χ2v) is 6.21. The van der Waals surface area contributed by atoms with E-state index in [9.17, 15) is 0 Å². The van der Waals surface area contributed by atoms with Gasteiger partial charge in [-0.2, -0.15) is 5.10 Å². The van der Waals surface area contributed by atoms with Gasteiger partial charge in [0.05, 0.1) is 22.9 Å². The monoisotopic (exact) mass is 339 g/mol. The molecule has 19 heavy (non-hydrogen) atoms. The summed E-state index contributed by atoms with van der Waals surface area (Å²) in [6.45, 7) is 0. The lowest BCUT2D eigenvalue weighted by Crippen LogP contribution is -2.17. The quantitative estimate of drug-likeness (QED) is 0.882. The number of benzene rings is 1. The molecule has 1 heterocycles. The van der Waals surface area contributed by atoms with Crippen LogP contribution in [0.5, 0.6) is 0 Å². The Balaban J connectivity index is 1.88. The first-order chi connectivity index (χ1) is 9.15. The number of hydrogen-bond acceptors (Lipinski definition) is 2. The Kier molecular flexibility index (Phi) is 3.54. The maximum absolute atomic E-state index is 6.27. The van der Waals surface area contributed by atoms with Crippen molar-refractivity contribution >= 4 is 33.2 Å². The second-order valence-electron chi connectivity index (χ2n) is 4.88. The molecule has 1 aliphatic rings. The highest BCUT2D eigenvalue weighted by atomic mass is 79.9. The van der Waals surface area contributed by atoms with Crippen LogP contribution in [-0.2, 0) is 13.5 Å². The van der Waals surface area contributed by atoms with E-state index in [-0.39, 0.29) is 0 Å². The zero-order valence-electron chi connectivity index (χ0n) is 10.7. The van der Waals surface area contributed by atoms with E-state index in [1.54, 1.807) is 0 Å². The van der Waals surface area contributed by atoms with Gasteiger partial charge in [0.25, 0.3) is 0 Å². The van der Waals surface area contributed by atoms with Gasteiger partial charge in [0.15, 0.2) is 0 Å². The van der Waals surface area contributed by atoms with Crippen molar-refractivity contribution in [3.8, 4) is 0 Å². The molecule has 3 nitrogen and oxygen atoms in total. The standard InChI is InChI=1S/C14H15BrClN3/c1-19-14-4-2-3-12(10(14)8-17-19)18-13-6-5-9(15)7-11(13)16/h5-8,12,18H,2-4H2,1H3. The van der Waals surface area contributed by atoms with Gasteiger partial charge in [-0.15, -0.1) is 0 Å². The molecule has 0 amide bonds. The first kappa shape index (κ1) is 13.0. The van der Waals surface area contributed by atoms with Gasteiger partial charge < -0.3 is 5.32 Å². The summed E-state index contributed by atoms with van der Waals surface area (Å²) in [6.07, 6.45) is 5.38. The Bertz CT molecular complexity index is 609. The maximum Gasteiger partial charge on any atom is 0.0648 e. The molecule has 0 fully saturated rings. The van der Waals surface area contributed by atoms with Gasteiger partial charge in [-0.05, 0) is 37.5 Å². The summed E-state index contributed by atoms with van der Waals surface area (Å²) in [5.41, 5.74) is 3.61. The Morgan fingerprint density at radius 3 is 3.11 bits per heavy atom. The van der Waals surface area contributed by atoms with Crippen molar-refractivity contribution in [3.63, 3.8) is 0 Å². The van der Waals surface area contributed by atoms with Crippen LogP contribution < -0.4 is 5.32 Å². The molecular weight excluding hydrogens is 326 g/mol. The smallest absolute Gasteiger partial charge is 0.0648 e. The van der Waals surface area contributed by atoms with Gasteiger partial charge in [0.2, 0.25) is 0 Å². The Labute approximate surface area is 126 Å². The highest BCUT2D eigenvalue weighted by Crippen LogP contribution is 2.35. The van der Waals surface area contributed by atoms with Crippen LogP contribution in [0.4, 0.5) is 5.69 Å². The predicted octanol–water partition coefficient (Wildman–Crippen LogP) is 4.33. The molecule has 1 atom stereocenters. The molecule has 1 aromatic heterocycles. The number of anilines is 1. The SMILES string of the molecule is Cn1ncc2c1CCCC2Nc1ccc(Br)cc1Cl. The molecule has 1 unspecified atom stereocenters. The van der Waals surface area contributed by atoms with Crippen LogP contribution in [0.3, 0.4) is 0 Å². The number of hydrogen-bond donors (Lipinski definition) is 1. The predicted molar refractivity (Wildman–Crippen MR) is 81.7 cm³/mol. The maximum atomic E-state index is 6.27. The van der Waals surface area contributed by atoms with E-state index in [1.807, 2.05) is 36.1 Å². The Morgan fingerprint density at radius 1 is 1.47 bits per heavy atom. The van der Waals surface area contributed by atoms with Crippen molar-refractivity contribution in [2.24, 2.45) is 7.05 Å². The lowest BCUT2D eigenvalue weighted by Gasteiger charge is -2.25. The molecule has 5 heteroatoms. The van der Waals surface area contributed by atoms with E-state index in [0.717, 1.165) is 28.0 Å². The number of nitrogens with one attached hydrogen (secondary N) is 1.